The van der Waals surface area contributed by atoms with Crippen molar-refractivity contribution in [2.24, 2.45) is 0 Å². The minimum absolute atomic E-state index is 0.161. The third-order valence-electron chi connectivity index (χ3n) is 2.92. The maximum absolute atomic E-state index is 6.02. The van der Waals surface area contributed by atoms with E-state index in [1.807, 2.05) is 0 Å². The van der Waals surface area contributed by atoms with Crippen molar-refractivity contribution in [1.82, 2.24) is 0 Å². The van der Waals surface area contributed by atoms with E-state index in [1.165, 1.54) is 21.9 Å². The van der Waals surface area contributed by atoms with Gasteiger partial charge in [0.05, 0.1) is 0 Å². The van der Waals surface area contributed by atoms with Crippen molar-refractivity contribution < 1.29 is 4.74 Å². The zero-order valence-electron chi connectivity index (χ0n) is 10.4. The molecule has 0 unspecified atom stereocenters. The zero-order chi connectivity index (χ0) is 12.0. The number of hydrogen-bond acceptors (Lipinski definition) is 1. The topological polar surface area (TPSA) is 9.23 Å². The maximum atomic E-state index is 6.02. The molecule has 1 aliphatic rings. The van der Waals surface area contributed by atoms with Gasteiger partial charge in [-0.05, 0) is 43.4 Å². The van der Waals surface area contributed by atoms with Crippen LogP contribution in [0.4, 0.5) is 0 Å². The molecule has 0 amide bonds. The van der Waals surface area contributed by atoms with Crippen molar-refractivity contribution >= 4 is 22.9 Å². The third-order valence-corrected chi connectivity index (χ3v) is 2.92. The van der Waals surface area contributed by atoms with Crippen LogP contribution in [0, 0.1) is 0 Å². The van der Waals surface area contributed by atoms with Crippen LogP contribution in [0.25, 0.3) is 22.9 Å². The Morgan fingerprint density at radius 2 is 1.59 bits per heavy atom. The second-order valence-corrected chi connectivity index (χ2v) is 5.47. The minimum atomic E-state index is -0.161. The Labute approximate surface area is 102 Å². The van der Waals surface area contributed by atoms with Crippen molar-refractivity contribution in [2.75, 3.05) is 0 Å². The average molecular weight is 224 g/mol. The SMILES string of the molecule is CC(C)(C)Oc1ccc2c3c(cccc13)C=C2. The molecule has 0 spiro atoms. The van der Waals surface area contributed by atoms with E-state index in [1.54, 1.807) is 0 Å². The molecule has 0 atom stereocenters. The third kappa shape index (κ3) is 1.72. The first-order valence-electron chi connectivity index (χ1n) is 5.97. The highest BCUT2D eigenvalue weighted by Crippen LogP contribution is 2.37. The molecule has 1 heteroatoms. The summed E-state index contributed by atoms with van der Waals surface area (Å²) in [6.45, 7) is 6.23. The van der Waals surface area contributed by atoms with Crippen molar-refractivity contribution in [3.05, 3.63) is 41.5 Å². The van der Waals surface area contributed by atoms with Crippen molar-refractivity contribution in [3.63, 3.8) is 0 Å². The summed E-state index contributed by atoms with van der Waals surface area (Å²) in [7, 11) is 0. The van der Waals surface area contributed by atoms with Gasteiger partial charge in [0.2, 0.25) is 0 Å². The van der Waals surface area contributed by atoms with E-state index in [0.717, 1.165) is 5.75 Å². The molecule has 17 heavy (non-hydrogen) atoms. The molecular formula is C16H16O. The molecule has 1 nitrogen and oxygen atoms in total. The van der Waals surface area contributed by atoms with Crippen LogP contribution in [0.3, 0.4) is 0 Å². The van der Waals surface area contributed by atoms with E-state index in [4.69, 9.17) is 4.74 Å². The Hall–Kier alpha value is -1.76. The van der Waals surface area contributed by atoms with Gasteiger partial charge in [0.25, 0.3) is 0 Å². The predicted molar refractivity (Wildman–Crippen MR) is 73.3 cm³/mol. The molecule has 0 aromatic heterocycles. The van der Waals surface area contributed by atoms with Gasteiger partial charge in [-0.3, -0.25) is 0 Å². The van der Waals surface area contributed by atoms with Gasteiger partial charge in [-0.25, -0.2) is 0 Å². The fourth-order valence-electron chi connectivity index (χ4n) is 2.31. The summed E-state index contributed by atoms with van der Waals surface area (Å²) in [4.78, 5) is 0. The molecule has 2 aromatic carbocycles. The summed E-state index contributed by atoms with van der Waals surface area (Å²) < 4.78 is 6.02. The summed E-state index contributed by atoms with van der Waals surface area (Å²) in [6.07, 6.45) is 4.33. The van der Waals surface area contributed by atoms with Crippen molar-refractivity contribution in [2.45, 2.75) is 26.4 Å². The highest BCUT2D eigenvalue weighted by Gasteiger charge is 2.16. The van der Waals surface area contributed by atoms with Gasteiger partial charge in [0.15, 0.2) is 0 Å². The summed E-state index contributed by atoms with van der Waals surface area (Å²) in [5.74, 6) is 0.974. The molecule has 0 N–H and O–H groups in total. The summed E-state index contributed by atoms with van der Waals surface area (Å²) in [5, 5.41) is 2.52. The van der Waals surface area contributed by atoms with Crippen LogP contribution in [0.5, 0.6) is 5.75 Å². The molecule has 0 saturated carbocycles. The second-order valence-electron chi connectivity index (χ2n) is 5.47. The van der Waals surface area contributed by atoms with Gasteiger partial charge in [-0.15, -0.1) is 0 Å². The Morgan fingerprint density at radius 1 is 0.882 bits per heavy atom. The van der Waals surface area contributed by atoms with E-state index in [0.29, 0.717) is 0 Å². The van der Waals surface area contributed by atoms with Crippen LogP contribution >= 0.6 is 0 Å². The highest BCUT2D eigenvalue weighted by atomic mass is 16.5. The van der Waals surface area contributed by atoms with Crippen molar-refractivity contribution in [1.29, 1.82) is 0 Å². The van der Waals surface area contributed by atoms with Crippen molar-refractivity contribution in [3.8, 4) is 5.75 Å². The number of rotatable bonds is 1. The monoisotopic (exact) mass is 224 g/mol. The molecule has 1 aliphatic carbocycles. The Balaban J connectivity index is 2.24. The van der Waals surface area contributed by atoms with Crippen LogP contribution in [-0.4, -0.2) is 5.60 Å². The first-order valence-corrected chi connectivity index (χ1v) is 5.97. The van der Waals surface area contributed by atoms with Gasteiger partial charge in [0, 0.05) is 5.39 Å². The summed E-state index contributed by atoms with van der Waals surface area (Å²) in [6, 6.07) is 10.6. The predicted octanol–water partition coefficient (Wildman–Crippen LogP) is 4.50. The smallest absolute Gasteiger partial charge is 0.127 e. The highest BCUT2D eigenvalue weighted by molar-refractivity contribution is 6.06. The van der Waals surface area contributed by atoms with Gasteiger partial charge in [-0.1, -0.05) is 36.4 Å². The largest absolute Gasteiger partial charge is 0.488 e. The Morgan fingerprint density at radius 3 is 2.29 bits per heavy atom. The van der Waals surface area contributed by atoms with E-state index in [-0.39, 0.29) is 5.60 Å². The van der Waals surface area contributed by atoms with Crippen LogP contribution in [0.1, 0.15) is 31.9 Å². The van der Waals surface area contributed by atoms with E-state index in [9.17, 15) is 0 Å². The fourth-order valence-corrected chi connectivity index (χ4v) is 2.31. The molecule has 2 aromatic rings. The number of benzene rings is 2. The number of hydrogen-bond donors (Lipinski definition) is 0. The molecule has 0 fully saturated rings. The molecule has 0 heterocycles. The Bertz CT molecular complexity index is 603. The quantitative estimate of drug-likeness (QED) is 0.591. The molecule has 3 rings (SSSR count). The normalized spacial score (nSPS) is 13.4. The first-order chi connectivity index (χ1) is 8.04. The van der Waals surface area contributed by atoms with Crippen LogP contribution < -0.4 is 4.74 Å². The molecule has 0 bridgehead atoms. The Kier molecular flexibility index (Phi) is 2.06. The van der Waals surface area contributed by atoms with E-state index >= 15 is 0 Å². The van der Waals surface area contributed by atoms with Crippen LogP contribution in [0.15, 0.2) is 30.3 Å². The lowest BCUT2D eigenvalue weighted by atomic mass is 10.0. The van der Waals surface area contributed by atoms with Crippen LogP contribution in [-0.2, 0) is 0 Å². The van der Waals surface area contributed by atoms with E-state index < -0.39 is 0 Å². The standard InChI is InChI=1S/C16H16O/c1-16(2,3)17-14-10-9-12-8-7-11-5-4-6-13(14)15(11)12/h4-10H,1-3H3. The average Bonchev–Trinajstić information content (AvgIpc) is 2.66. The van der Waals surface area contributed by atoms with Gasteiger partial charge < -0.3 is 4.74 Å². The lowest BCUT2D eigenvalue weighted by Gasteiger charge is -2.22. The molecule has 0 radical (unpaired) electrons. The fraction of sp³-hybridized carbons (Fsp3) is 0.250. The molecule has 0 saturated heterocycles. The van der Waals surface area contributed by atoms with Gasteiger partial charge in [0.1, 0.15) is 11.4 Å². The zero-order valence-corrected chi connectivity index (χ0v) is 10.4. The number of ether oxygens (including phenoxy) is 1. The lowest BCUT2D eigenvalue weighted by molar-refractivity contribution is 0.133. The lowest BCUT2D eigenvalue weighted by Crippen LogP contribution is -2.23. The first kappa shape index (κ1) is 10.4. The van der Waals surface area contributed by atoms with E-state index in [2.05, 4.69) is 63.3 Å². The summed E-state index contributed by atoms with van der Waals surface area (Å²) in [5.41, 5.74) is 2.42. The molecule has 0 aliphatic heterocycles. The second kappa shape index (κ2) is 3.36. The molecular weight excluding hydrogens is 208 g/mol. The summed E-state index contributed by atoms with van der Waals surface area (Å²) >= 11 is 0. The van der Waals surface area contributed by atoms with Gasteiger partial charge >= 0.3 is 0 Å². The maximum Gasteiger partial charge on any atom is 0.127 e. The van der Waals surface area contributed by atoms with Crippen LogP contribution in [0.2, 0.25) is 0 Å². The molecule has 86 valence electrons. The minimum Gasteiger partial charge on any atom is -0.488 e. The van der Waals surface area contributed by atoms with Gasteiger partial charge in [-0.2, -0.15) is 0 Å².